The van der Waals surface area contributed by atoms with Gasteiger partial charge in [0.1, 0.15) is 0 Å². The predicted octanol–water partition coefficient (Wildman–Crippen LogP) is 4.37. The highest BCUT2D eigenvalue weighted by molar-refractivity contribution is 5.76. The van der Waals surface area contributed by atoms with Gasteiger partial charge in [0, 0.05) is 25.0 Å². The zero-order valence-corrected chi connectivity index (χ0v) is 16.6. The molecule has 2 aliphatic rings. The lowest BCUT2D eigenvalue weighted by molar-refractivity contribution is 0.0532. The number of nitrogens with one attached hydrogen (secondary N) is 1. The van der Waals surface area contributed by atoms with Crippen molar-refractivity contribution >= 4 is 11.6 Å². The molecule has 3 rings (SSSR count). The molecule has 1 unspecified atom stereocenters. The monoisotopic (exact) mass is 366 g/mol. The number of allylic oxidation sites excluding steroid dienone is 6. The SMILES string of the molecule is CC(CNC(=O)N1CCOCC1)c1ccc(C2=CC=CC(C)(C)C=C2)cc1. The van der Waals surface area contributed by atoms with Crippen molar-refractivity contribution in [3.05, 3.63) is 65.8 Å². The zero-order valence-electron chi connectivity index (χ0n) is 16.6. The Balaban J connectivity index is 1.57. The van der Waals surface area contributed by atoms with E-state index in [0.29, 0.717) is 32.8 Å². The molecule has 2 amide bonds. The number of hydrogen-bond donors (Lipinski definition) is 1. The fourth-order valence-electron chi connectivity index (χ4n) is 3.25. The first-order valence-electron chi connectivity index (χ1n) is 9.74. The van der Waals surface area contributed by atoms with Crippen LogP contribution in [0.5, 0.6) is 0 Å². The molecule has 0 saturated carbocycles. The van der Waals surface area contributed by atoms with E-state index < -0.39 is 0 Å². The van der Waals surface area contributed by atoms with Gasteiger partial charge in [0.25, 0.3) is 0 Å². The number of urea groups is 1. The van der Waals surface area contributed by atoms with Crippen molar-refractivity contribution in [1.82, 2.24) is 10.2 Å². The first-order chi connectivity index (χ1) is 12.9. The van der Waals surface area contributed by atoms with Gasteiger partial charge in [-0.15, -0.1) is 0 Å². The normalized spacial score (nSPS) is 20.0. The van der Waals surface area contributed by atoms with E-state index in [9.17, 15) is 4.79 Å². The second-order valence-corrected chi connectivity index (χ2v) is 7.94. The Labute approximate surface area is 162 Å². The maximum absolute atomic E-state index is 12.2. The third kappa shape index (κ3) is 5.33. The van der Waals surface area contributed by atoms with Crippen LogP contribution in [0.25, 0.3) is 5.57 Å². The Morgan fingerprint density at radius 3 is 2.59 bits per heavy atom. The number of amides is 2. The maximum atomic E-state index is 12.2. The van der Waals surface area contributed by atoms with Crippen LogP contribution < -0.4 is 5.32 Å². The molecule has 1 N–H and O–H groups in total. The summed E-state index contributed by atoms with van der Waals surface area (Å²) in [6, 6.07) is 8.66. The molecule has 0 aromatic heterocycles. The quantitative estimate of drug-likeness (QED) is 0.860. The summed E-state index contributed by atoms with van der Waals surface area (Å²) in [6.45, 7) is 9.77. The standard InChI is InChI=1S/C23H30N2O2/c1-18(17-24-22(26)25-13-15-27-16-14-25)19-6-8-21(9-7-19)20-5-4-11-23(2,3)12-10-20/h4-12,18H,13-17H2,1-3H3,(H,24,26). The average Bonchev–Trinajstić information content (AvgIpc) is 2.87. The minimum absolute atomic E-state index is 0.00456. The number of carbonyl (C=O) groups excluding carboxylic acids is 1. The lowest BCUT2D eigenvalue weighted by Crippen LogP contribution is -2.46. The van der Waals surface area contributed by atoms with Gasteiger partial charge in [-0.1, -0.05) is 75.4 Å². The van der Waals surface area contributed by atoms with Gasteiger partial charge in [-0.3, -0.25) is 0 Å². The summed E-state index contributed by atoms with van der Waals surface area (Å²) in [4.78, 5) is 14.0. The number of hydrogen-bond acceptors (Lipinski definition) is 2. The van der Waals surface area contributed by atoms with E-state index in [1.165, 1.54) is 16.7 Å². The van der Waals surface area contributed by atoms with E-state index in [2.05, 4.69) is 80.7 Å². The number of ether oxygens (including phenoxy) is 1. The molecule has 1 aromatic carbocycles. The van der Waals surface area contributed by atoms with Gasteiger partial charge in [-0.2, -0.15) is 0 Å². The van der Waals surface area contributed by atoms with Gasteiger partial charge in [0.2, 0.25) is 0 Å². The highest BCUT2D eigenvalue weighted by Crippen LogP contribution is 2.27. The van der Waals surface area contributed by atoms with E-state index in [1.54, 1.807) is 0 Å². The fourth-order valence-corrected chi connectivity index (χ4v) is 3.25. The molecule has 27 heavy (non-hydrogen) atoms. The van der Waals surface area contributed by atoms with Crippen LogP contribution in [0.2, 0.25) is 0 Å². The van der Waals surface area contributed by atoms with Crippen LogP contribution in [0.1, 0.15) is 37.8 Å². The minimum atomic E-state index is 0.00456. The molecule has 1 aliphatic carbocycles. The Morgan fingerprint density at radius 1 is 1.19 bits per heavy atom. The summed E-state index contributed by atoms with van der Waals surface area (Å²) >= 11 is 0. The second-order valence-electron chi connectivity index (χ2n) is 7.94. The van der Waals surface area contributed by atoms with Crippen molar-refractivity contribution in [3.63, 3.8) is 0 Å². The molecule has 1 atom stereocenters. The Morgan fingerprint density at radius 2 is 1.89 bits per heavy atom. The van der Waals surface area contributed by atoms with Crippen molar-refractivity contribution < 1.29 is 9.53 Å². The van der Waals surface area contributed by atoms with E-state index >= 15 is 0 Å². The third-order valence-electron chi connectivity index (χ3n) is 5.16. The van der Waals surface area contributed by atoms with Gasteiger partial charge in [0.15, 0.2) is 0 Å². The Kier molecular flexibility index (Phi) is 6.17. The molecule has 1 fully saturated rings. The van der Waals surface area contributed by atoms with Crippen LogP contribution in [0, 0.1) is 5.41 Å². The molecule has 4 heteroatoms. The van der Waals surface area contributed by atoms with Crippen molar-refractivity contribution in [2.45, 2.75) is 26.7 Å². The molecular formula is C23H30N2O2. The van der Waals surface area contributed by atoms with E-state index in [0.717, 1.165) is 0 Å². The lowest BCUT2D eigenvalue weighted by Gasteiger charge is -2.27. The van der Waals surface area contributed by atoms with E-state index in [-0.39, 0.29) is 17.4 Å². The first-order valence-corrected chi connectivity index (χ1v) is 9.74. The average molecular weight is 367 g/mol. The van der Waals surface area contributed by atoms with Crippen molar-refractivity contribution in [1.29, 1.82) is 0 Å². The molecule has 0 radical (unpaired) electrons. The van der Waals surface area contributed by atoms with Crippen LogP contribution in [0.3, 0.4) is 0 Å². The van der Waals surface area contributed by atoms with Crippen molar-refractivity contribution in [2.75, 3.05) is 32.8 Å². The van der Waals surface area contributed by atoms with Gasteiger partial charge in [-0.25, -0.2) is 4.79 Å². The van der Waals surface area contributed by atoms with E-state index in [1.807, 2.05) is 4.90 Å². The molecule has 4 nitrogen and oxygen atoms in total. The lowest BCUT2D eigenvalue weighted by atomic mass is 9.92. The van der Waals surface area contributed by atoms with Gasteiger partial charge in [0.05, 0.1) is 13.2 Å². The number of carbonyl (C=O) groups is 1. The topological polar surface area (TPSA) is 41.6 Å². The number of morpholine rings is 1. The highest BCUT2D eigenvalue weighted by Gasteiger charge is 2.17. The summed E-state index contributed by atoms with van der Waals surface area (Å²) in [5, 5.41) is 3.05. The highest BCUT2D eigenvalue weighted by atomic mass is 16.5. The first kappa shape index (κ1) is 19.4. The summed E-state index contributed by atoms with van der Waals surface area (Å²) in [5.41, 5.74) is 3.75. The van der Waals surface area contributed by atoms with Crippen LogP contribution in [-0.2, 0) is 4.74 Å². The van der Waals surface area contributed by atoms with Crippen LogP contribution in [0.15, 0.2) is 54.6 Å². The molecule has 1 saturated heterocycles. The smallest absolute Gasteiger partial charge is 0.317 e. The van der Waals surface area contributed by atoms with Crippen molar-refractivity contribution in [2.24, 2.45) is 5.41 Å². The Hall–Kier alpha value is -2.33. The predicted molar refractivity (Wildman–Crippen MR) is 111 cm³/mol. The second kappa shape index (κ2) is 8.57. The Bertz CT molecular complexity index is 738. The van der Waals surface area contributed by atoms with E-state index in [4.69, 9.17) is 4.74 Å². The van der Waals surface area contributed by atoms with Crippen LogP contribution in [-0.4, -0.2) is 43.8 Å². The minimum Gasteiger partial charge on any atom is -0.378 e. The summed E-state index contributed by atoms with van der Waals surface area (Å²) < 4.78 is 5.29. The van der Waals surface area contributed by atoms with Crippen molar-refractivity contribution in [3.8, 4) is 0 Å². The van der Waals surface area contributed by atoms with Gasteiger partial charge in [-0.05, 0) is 22.6 Å². The number of benzene rings is 1. The zero-order chi connectivity index (χ0) is 19.3. The van der Waals surface area contributed by atoms with Gasteiger partial charge >= 0.3 is 6.03 Å². The van der Waals surface area contributed by atoms with Crippen LogP contribution >= 0.6 is 0 Å². The summed E-state index contributed by atoms with van der Waals surface area (Å²) in [5.74, 6) is 0.265. The number of nitrogens with zero attached hydrogens (tertiary/aromatic N) is 1. The largest absolute Gasteiger partial charge is 0.378 e. The molecule has 1 aliphatic heterocycles. The summed E-state index contributed by atoms with van der Waals surface area (Å²) in [7, 11) is 0. The summed E-state index contributed by atoms with van der Waals surface area (Å²) in [6.07, 6.45) is 10.9. The fraction of sp³-hybridized carbons (Fsp3) is 0.435. The molecule has 0 bridgehead atoms. The van der Waals surface area contributed by atoms with Crippen LogP contribution in [0.4, 0.5) is 4.79 Å². The number of rotatable bonds is 4. The molecular weight excluding hydrogens is 336 g/mol. The molecule has 0 spiro atoms. The van der Waals surface area contributed by atoms with Gasteiger partial charge < -0.3 is 15.0 Å². The maximum Gasteiger partial charge on any atom is 0.317 e. The molecule has 1 heterocycles. The molecule has 144 valence electrons. The molecule has 1 aromatic rings. The third-order valence-corrected chi connectivity index (χ3v) is 5.16.